The molecular weight excluding hydrogens is 446 g/mol. The molecule has 2 heterocycles. The quantitative estimate of drug-likeness (QED) is 0.632. The first-order chi connectivity index (χ1) is 16.2. The van der Waals surface area contributed by atoms with Gasteiger partial charge in [-0.25, -0.2) is 0 Å². The smallest absolute Gasteiger partial charge is 0.248 e. The number of benzene rings is 1. The molecule has 1 aromatic heterocycles. The molecule has 6 nitrogen and oxygen atoms in total. The minimum atomic E-state index is -0.824. The molecule has 34 heavy (non-hydrogen) atoms. The Morgan fingerprint density at radius 3 is 2.26 bits per heavy atom. The SMILES string of the molecule is Cc1ccc(C(C(=O)NC(C)C)N2C(=O)C(C3Cc4ccccc4C3)NC(=O)C2CC(C)C)s1. The normalized spacial score (nSPS) is 21.7. The molecular formula is C27H35N3O3S. The molecule has 3 amide bonds. The number of nitrogens with one attached hydrogen (secondary N) is 2. The Morgan fingerprint density at radius 2 is 1.74 bits per heavy atom. The van der Waals surface area contributed by atoms with Crippen LogP contribution in [0.2, 0.25) is 0 Å². The second-order valence-corrected chi connectivity index (χ2v) is 11.6. The van der Waals surface area contributed by atoms with Gasteiger partial charge < -0.3 is 15.5 Å². The number of carbonyl (C=O) groups excluding carboxylic acids is 3. The molecule has 3 atom stereocenters. The van der Waals surface area contributed by atoms with E-state index in [0.29, 0.717) is 6.42 Å². The van der Waals surface area contributed by atoms with Gasteiger partial charge in [-0.15, -0.1) is 11.3 Å². The number of piperazine rings is 1. The van der Waals surface area contributed by atoms with Gasteiger partial charge in [-0.05, 0) is 75.1 Å². The Labute approximate surface area is 206 Å². The van der Waals surface area contributed by atoms with Gasteiger partial charge in [0.05, 0.1) is 0 Å². The average molecular weight is 482 g/mol. The van der Waals surface area contributed by atoms with E-state index < -0.39 is 18.1 Å². The zero-order valence-electron chi connectivity index (χ0n) is 20.6. The van der Waals surface area contributed by atoms with Gasteiger partial charge in [0.25, 0.3) is 0 Å². The van der Waals surface area contributed by atoms with Crippen molar-refractivity contribution in [3.8, 4) is 0 Å². The second-order valence-electron chi connectivity index (χ2n) is 10.3. The largest absolute Gasteiger partial charge is 0.352 e. The van der Waals surface area contributed by atoms with Crippen LogP contribution in [-0.4, -0.2) is 40.7 Å². The van der Waals surface area contributed by atoms with Crippen LogP contribution in [0, 0.1) is 18.8 Å². The van der Waals surface area contributed by atoms with E-state index in [9.17, 15) is 14.4 Å². The molecule has 2 aliphatic rings. The molecule has 2 aromatic rings. The molecule has 0 saturated carbocycles. The minimum absolute atomic E-state index is 0.0183. The van der Waals surface area contributed by atoms with Gasteiger partial charge in [0, 0.05) is 15.8 Å². The van der Waals surface area contributed by atoms with E-state index in [1.165, 1.54) is 22.5 Å². The highest BCUT2D eigenvalue weighted by Crippen LogP contribution is 2.37. The van der Waals surface area contributed by atoms with Crippen molar-refractivity contribution in [2.24, 2.45) is 11.8 Å². The van der Waals surface area contributed by atoms with Crippen LogP contribution in [0.5, 0.6) is 0 Å². The summed E-state index contributed by atoms with van der Waals surface area (Å²) >= 11 is 1.51. The van der Waals surface area contributed by atoms with Crippen molar-refractivity contribution < 1.29 is 14.4 Å². The third-order valence-electron chi connectivity index (χ3n) is 6.69. The van der Waals surface area contributed by atoms with Crippen LogP contribution in [0.4, 0.5) is 0 Å². The van der Waals surface area contributed by atoms with Gasteiger partial charge in [0.2, 0.25) is 17.7 Å². The monoisotopic (exact) mass is 481 g/mol. The fourth-order valence-electron chi connectivity index (χ4n) is 5.23. The summed E-state index contributed by atoms with van der Waals surface area (Å²) in [5.74, 6) is -0.377. The highest BCUT2D eigenvalue weighted by atomic mass is 32.1. The number of thiophene rings is 1. The molecule has 4 rings (SSSR count). The maximum absolute atomic E-state index is 14.1. The van der Waals surface area contributed by atoms with Crippen LogP contribution in [-0.2, 0) is 27.2 Å². The van der Waals surface area contributed by atoms with E-state index in [4.69, 9.17) is 0 Å². The first-order valence-electron chi connectivity index (χ1n) is 12.2. The average Bonchev–Trinajstić information content (AvgIpc) is 3.38. The molecule has 2 N–H and O–H groups in total. The zero-order valence-corrected chi connectivity index (χ0v) is 21.4. The van der Waals surface area contributed by atoms with Crippen LogP contribution in [0.3, 0.4) is 0 Å². The Morgan fingerprint density at radius 1 is 1.09 bits per heavy atom. The lowest BCUT2D eigenvalue weighted by molar-refractivity contribution is -0.157. The summed E-state index contributed by atoms with van der Waals surface area (Å²) in [6.07, 6.45) is 2.00. The van der Waals surface area contributed by atoms with Gasteiger partial charge in [0.1, 0.15) is 18.1 Å². The number of carbonyl (C=O) groups is 3. The Kier molecular flexibility index (Phi) is 7.12. The summed E-state index contributed by atoms with van der Waals surface area (Å²) in [6, 6.07) is 9.87. The number of aryl methyl sites for hydroxylation is 1. The van der Waals surface area contributed by atoms with Crippen molar-refractivity contribution >= 4 is 29.1 Å². The number of amides is 3. The summed E-state index contributed by atoms with van der Waals surface area (Å²) < 4.78 is 0. The van der Waals surface area contributed by atoms with Gasteiger partial charge in [-0.2, -0.15) is 0 Å². The van der Waals surface area contributed by atoms with Gasteiger partial charge in [-0.3, -0.25) is 14.4 Å². The lowest BCUT2D eigenvalue weighted by Gasteiger charge is -2.44. The van der Waals surface area contributed by atoms with Crippen LogP contribution >= 0.6 is 11.3 Å². The van der Waals surface area contributed by atoms with Crippen molar-refractivity contribution in [2.75, 3.05) is 0 Å². The van der Waals surface area contributed by atoms with Gasteiger partial charge >= 0.3 is 0 Å². The zero-order chi connectivity index (χ0) is 24.6. The van der Waals surface area contributed by atoms with E-state index in [0.717, 1.165) is 22.6 Å². The fraction of sp³-hybridized carbons (Fsp3) is 0.519. The van der Waals surface area contributed by atoms with Crippen molar-refractivity contribution in [1.29, 1.82) is 0 Å². The molecule has 1 fully saturated rings. The topological polar surface area (TPSA) is 78.5 Å². The van der Waals surface area contributed by atoms with E-state index in [2.05, 4.69) is 22.8 Å². The van der Waals surface area contributed by atoms with Crippen molar-refractivity contribution in [1.82, 2.24) is 15.5 Å². The third kappa shape index (κ3) is 4.90. The summed E-state index contributed by atoms with van der Waals surface area (Å²) in [7, 11) is 0. The standard InChI is InChI=1S/C27H35N3O3S/c1-15(2)12-21-25(31)29-23(20-13-18-8-6-7-9-19(18)14-20)27(33)30(21)24(26(32)28-16(3)4)22-11-10-17(5)34-22/h6-11,15-16,20-21,23-24H,12-14H2,1-5H3,(H,28,32)(H,29,31). The summed E-state index contributed by atoms with van der Waals surface area (Å²) in [4.78, 5) is 44.6. The van der Waals surface area contributed by atoms with Crippen LogP contribution in [0.1, 0.15) is 61.0 Å². The maximum atomic E-state index is 14.1. The Balaban J connectivity index is 1.73. The van der Waals surface area contributed by atoms with Crippen molar-refractivity contribution in [2.45, 2.75) is 78.0 Å². The molecule has 0 bridgehead atoms. The van der Waals surface area contributed by atoms with Crippen LogP contribution in [0.15, 0.2) is 36.4 Å². The Hall–Kier alpha value is -2.67. The molecule has 1 aromatic carbocycles. The highest BCUT2D eigenvalue weighted by Gasteiger charge is 2.49. The second kappa shape index (κ2) is 9.90. The van der Waals surface area contributed by atoms with Gasteiger partial charge in [-0.1, -0.05) is 38.1 Å². The Bertz CT molecular complexity index is 1050. The number of rotatable bonds is 7. The van der Waals surface area contributed by atoms with Crippen LogP contribution < -0.4 is 10.6 Å². The molecule has 1 aliphatic heterocycles. The fourth-order valence-corrected chi connectivity index (χ4v) is 6.21. The van der Waals surface area contributed by atoms with Gasteiger partial charge in [0.15, 0.2) is 0 Å². The highest BCUT2D eigenvalue weighted by molar-refractivity contribution is 7.12. The number of hydrogen-bond donors (Lipinski definition) is 2. The number of hydrogen-bond acceptors (Lipinski definition) is 4. The molecule has 7 heteroatoms. The van der Waals surface area contributed by atoms with E-state index in [-0.39, 0.29) is 35.6 Å². The summed E-state index contributed by atoms with van der Waals surface area (Å²) in [5, 5.41) is 6.06. The lowest BCUT2D eigenvalue weighted by Crippen LogP contribution is -2.67. The van der Waals surface area contributed by atoms with E-state index >= 15 is 0 Å². The number of fused-ring (bicyclic) bond motifs is 1. The summed E-state index contributed by atoms with van der Waals surface area (Å²) in [5.41, 5.74) is 2.46. The predicted molar refractivity (Wildman–Crippen MR) is 134 cm³/mol. The predicted octanol–water partition coefficient (Wildman–Crippen LogP) is 3.78. The summed E-state index contributed by atoms with van der Waals surface area (Å²) in [6.45, 7) is 9.87. The molecule has 1 saturated heterocycles. The first-order valence-corrected chi connectivity index (χ1v) is 13.0. The molecule has 182 valence electrons. The third-order valence-corrected chi connectivity index (χ3v) is 7.75. The van der Waals surface area contributed by atoms with Crippen molar-refractivity contribution in [3.05, 3.63) is 57.3 Å². The minimum Gasteiger partial charge on any atom is -0.352 e. The first kappa shape index (κ1) is 24.5. The molecule has 0 radical (unpaired) electrons. The van der Waals surface area contributed by atoms with Crippen LogP contribution in [0.25, 0.3) is 0 Å². The molecule has 3 unspecified atom stereocenters. The van der Waals surface area contributed by atoms with Crippen molar-refractivity contribution in [3.63, 3.8) is 0 Å². The molecule has 0 spiro atoms. The molecule has 1 aliphatic carbocycles. The maximum Gasteiger partial charge on any atom is 0.248 e. The van der Waals surface area contributed by atoms with E-state index in [1.54, 1.807) is 4.90 Å². The lowest BCUT2D eigenvalue weighted by atomic mass is 9.88. The van der Waals surface area contributed by atoms with E-state index in [1.807, 2.05) is 58.9 Å². The number of nitrogens with zero attached hydrogens (tertiary/aromatic N) is 1.